The summed E-state index contributed by atoms with van der Waals surface area (Å²) < 4.78 is 23.1. The molecule has 0 radical (unpaired) electrons. The van der Waals surface area contributed by atoms with Gasteiger partial charge in [0, 0.05) is 19.1 Å². The smallest absolute Gasteiger partial charge is 0.320 e. The van der Waals surface area contributed by atoms with Crippen LogP contribution in [-0.2, 0) is 9.84 Å². The number of nitrogens with zero attached hydrogens (tertiary/aromatic N) is 2. The molecule has 122 valence electrons. The molecule has 1 unspecified atom stereocenters. The van der Waals surface area contributed by atoms with Crippen molar-refractivity contribution in [1.82, 2.24) is 10.3 Å². The Labute approximate surface area is 131 Å². The van der Waals surface area contributed by atoms with Gasteiger partial charge in [0.25, 0.3) is 0 Å². The molecule has 1 atom stereocenters. The van der Waals surface area contributed by atoms with E-state index < -0.39 is 9.84 Å². The molecule has 2 N–H and O–H groups in total. The Bertz CT molecular complexity index is 628. The van der Waals surface area contributed by atoms with Crippen molar-refractivity contribution in [1.29, 1.82) is 0 Å². The van der Waals surface area contributed by atoms with Gasteiger partial charge in [0.15, 0.2) is 9.84 Å². The van der Waals surface area contributed by atoms with Crippen molar-refractivity contribution in [3.8, 4) is 0 Å². The molecule has 1 aromatic rings. The van der Waals surface area contributed by atoms with Crippen LogP contribution in [0.5, 0.6) is 0 Å². The van der Waals surface area contributed by atoms with Gasteiger partial charge in [-0.25, -0.2) is 18.2 Å². The maximum atomic E-state index is 11.6. The van der Waals surface area contributed by atoms with Crippen molar-refractivity contribution in [3.63, 3.8) is 0 Å². The lowest BCUT2D eigenvalue weighted by atomic mass is 10.2. The molecule has 1 aromatic heterocycles. The van der Waals surface area contributed by atoms with Crippen molar-refractivity contribution in [2.45, 2.75) is 32.4 Å². The van der Waals surface area contributed by atoms with Gasteiger partial charge >= 0.3 is 6.03 Å². The van der Waals surface area contributed by atoms with Crippen LogP contribution in [0.15, 0.2) is 18.3 Å². The minimum atomic E-state index is -2.91. The first-order valence-electron chi connectivity index (χ1n) is 7.23. The van der Waals surface area contributed by atoms with Crippen LogP contribution in [0.1, 0.15) is 20.3 Å². The number of hydrogen-bond donors (Lipinski definition) is 2. The Morgan fingerprint density at radius 3 is 2.64 bits per heavy atom. The Hall–Kier alpha value is -1.83. The third-order valence-electron chi connectivity index (χ3n) is 3.57. The quantitative estimate of drug-likeness (QED) is 0.868. The van der Waals surface area contributed by atoms with Crippen LogP contribution in [-0.4, -0.2) is 50.1 Å². The summed E-state index contributed by atoms with van der Waals surface area (Å²) in [6.45, 7) is 3.75. The molecule has 1 saturated heterocycles. The second-order valence-electron chi connectivity index (χ2n) is 5.82. The molecule has 1 fully saturated rings. The van der Waals surface area contributed by atoms with E-state index >= 15 is 0 Å². The summed E-state index contributed by atoms with van der Waals surface area (Å²) in [4.78, 5) is 17.7. The molecule has 22 heavy (non-hydrogen) atoms. The number of amides is 2. The van der Waals surface area contributed by atoms with E-state index in [2.05, 4.69) is 15.6 Å². The van der Waals surface area contributed by atoms with Crippen LogP contribution in [0, 0.1) is 0 Å². The summed E-state index contributed by atoms with van der Waals surface area (Å²) in [6.07, 6.45) is 2.27. The van der Waals surface area contributed by atoms with Gasteiger partial charge in [-0.15, -0.1) is 0 Å². The van der Waals surface area contributed by atoms with Gasteiger partial charge in [0.1, 0.15) is 5.82 Å². The first kappa shape index (κ1) is 16.5. The number of rotatable bonds is 4. The molecule has 8 heteroatoms. The topological polar surface area (TPSA) is 91.4 Å². The summed E-state index contributed by atoms with van der Waals surface area (Å²) in [5.74, 6) is 0.874. The monoisotopic (exact) mass is 326 g/mol. The fraction of sp³-hybridized carbons (Fsp3) is 0.571. The fourth-order valence-corrected chi connectivity index (χ4v) is 4.15. The van der Waals surface area contributed by atoms with Gasteiger partial charge in [0.05, 0.1) is 23.4 Å². The lowest BCUT2D eigenvalue weighted by molar-refractivity contribution is 0.250. The first-order chi connectivity index (χ1) is 10.3. The summed E-state index contributed by atoms with van der Waals surface area (Å²) >= 11 is 0. The second kappa shape index (κ2) is 6.51. The molecule has 2 amide bonds. The first-order valence-corrected chi connectivity index (χ1v) is 9.06. The van der Waals surface area contributed by atoms with Crippen molar-refractivity contribution < 1.29 is 13.2 Å². The average molecular weight is 326 g/mol. The summed E-state index contributed by atoms with van der Waals surface area (Å²) in [5, 5.41) is 5.36. The molecule has 0 aliphatic carbocycles. The van der Waals surface area contributed by atoms with Gasteiger partial charge in [-0.1, -0.05) is 0 Å². The molecule has 0 bridgehead atoms. The van der Waals surface area contributed by atoms with E-state index in [9.17, 15) is 13.2 Å². The fourth-order valence-electron chi connectivity index (χ4n) is 2.37. The zero-order valence-electron chi connectivity index (χ0n) is 13.0. The van der Waals surface area contributed by atoms with E-state index in [1.54, 1.807) is 12.3 Å². The zero-order chi connectivity index (χ0) is 16.3. The molecule has 0 spiro atoms. The Morgan fingerprint density at radius 1 is 1.41 bits per heavy atom. The number of carbonyl (C=O) groups is 1. The molecular weight excluding hydrogens is 304 g/mol. The highest BCUT2D eigenvalue weighted by Crippen LogP contribution is 2.22. The molecule has 2 heterocycles. The number of aromatic nitrogens is 1. The average Bonchev–Trinajstić information content (AvgIpc) is 2.78. The van der Waals surface area contributed by atoms with Crippen LogP contribution in [0.4, 0.5) is 16.3 Å². The van der Waals surface area contributed by atoms with E-state index in [0.717, 1.165) is 5.69 Å². The SMILES string of the molecule is CC(C)NC(=O)Nc1ccc(N(C)C2CCS(=O)(=O)C2)cn1. The zero-order valence-corrected chi connectivity index (χ0v) is 13.9. The van der Waals surface area contributed by atoms with Crippen LogP contribution in [0.2, 0.25) is 0 Å². The maximum absolute atomic E-state index is 11.6. The number of anilines is 2. The van der Waals surface area contributed by atoms with Gasteiger partial charge in [-0.05, 0) is 32.4 Å². The molecule has 2 rings (SSSR count). The van der Waals surface area contributed by atoms with Crippen LogP contribution < -0.4 is 15.5 Å². The van der Waals surface area contributed by atoms with Gasteiger partial charge < -0.3 is 10.2 Å². The number of pyridine rings is 1. The number of carbonyl (C=O) groups excluding carboxylic acids is 1. The summed E-state index contributed by atoms with van der Waals surface area (Å²) in [6, 6.07) is 3.26. The highest BCUT2D eigenvalue weighted by molar-refractivity contribution is 7.91. The Kier molecular flexibility index (Phi) is 4.90. The van der Waals surface area contributed by atoms with Crippen LogP contribution >= 0.6 is 0 Å². The molecule has 1 aliphatic heterocycles. The van der Waals surface area contributed by atoms with Crippen LogP contribution in [0.3, 0.4) is 0 Å². The summed E-state index contributed by atoms with van der Waals surface area (Å²) in [7, 11) is -1.05. The minimum Gasteiger partial charge on any atom is -0.369 e. The highest BCUT2D eigenvalue weighted by Gasteiger charge is 2.30. The number of nitrogens with one attached hydrogen (secondary N) is 2. The van der Waals surface area contributed by atoms with Gasteiger partial charge in [-0.3, -0.25) is 5.32 Å². The number of urea groups is 1. The molecule has 0 saturated carbocycles. The Balaban J connectivity index is 1.98. The number of hydrogen-bond acceptors (Lipinski definition) is 5. The predicted octanol–water partition coefficient (Wildman–Crippen LogP) is 1.23. The molecule has 0 aromatic carbocycles. The van der Waals surface area contributed by atoms with E-state index in [1.807, 2.05) is 31.9 Å². The second-order valence-corrected chi connectivity index (χ2v) is 8.05. The number of sulfone groups is 1. The Morgan fingerprint density at radius 2 is 2.14 bits per heavy atom. The highest BCUT2D eigenvalue weighted by atomic mass is 32.2. The van der Waals surface area contributed by atoms with Crippen LogP contribution in [0.25, 0.3) is 0 Å². The minimum absolute atomic E-state index is 0.0187. The third kappa shape index (κ3) is 4.33. The van der Waals surface area contributed by atoms with Crippen molar-refractivity contribution in [3.05, 3.63) is 18.3 Å². The lowest BCUT2D eigenvalue weighted by Gasteiger charge is -2.25. The van der Waals surface area contributed by atoms with Crippen molar-refractivity contribution in [2.24, 2.45) is 0 Å². The normalized spacial score (nSPS) is 19.9. The van der Waals surface area contributed by atoms with E-state index in [0.29, 0.717) is 12.2 Å². The van der Waals surface area contributed by atoms with Gasteiger partial charge in [-0.2, -0.15) is 0 Å². The van der Waals surface area contributed by atoms with E-state index in [-0.39, 0.29) is 29.6 Å². The van der Waals surface area contributed by atoms with E-state index in [1.165, 1.54) is 0 Å². The predicted molar refractivity (Wildman–Crippen MR) is 87.0 cm³/mol. The largest absolute Gasteiger partial charge is 0.369 e. The van der Waals surface area contributed by atoms with Gasteiger partial charge in [0.2, 0.25) is 0 Å². The lowest BCUT2D eigenvalue weighted by Crippen LogP contribution is -2.34. The molecule has 1 aliphatic rings. The molecule has 7 nitrogen and oxygen atoms in total. The van der Waals surface area contributed by atoms with Crippen molar-refractivity contribution in [2.75, 3.05) is 28.8 Å². The maximum Gasteiger partial charge on any atom is 0.320 e. The van der Waals surface area contributed by atoms with E-state index in [4.69, 9.17) is 0 Å². The third-order valence-corrected chi connectivity index (χ3v) is 5.32. The molecular formula is C14H22N4O3S. The summed E-state index contributed by atoms with van der Waals surface area (Å²) in [5.41, 5.74) is 0.830. The van der Waals surface area contributed by atoms with Crippen molar-refractivity contribution >= 4 is 27.4 Å². The standard InChI is InChI=1S/C14H22N4O3S/c1-10(2)16-14(19)17-13-5-4-11(8-15-13)18(3)12-6-7-22(20,21)9-12/h4-5,8,10,12H,6-7,9H2,1-3H3,(H2,15,16,17,19).